The zero-order valence-electron chi connectivity index (χ0n) is 10.7. The molecule has 2 nitrogen and oxygen atoms in total. The number of phenolic OH excluding ortho intramolecular Hbond substituents is 1. The maximum atomic E-state index is 9.80. The third kappa shape index (κ3) is 1.79. The van der Waals surface area contributed by atoms with Crippen molar-refractivity contribution in [3.05, 3.63) is 52.6 Å². The van der Waals surface area contributed by atoms with Crippen LogP contribution in [0.2, 0.25) is 0 Å². The number of fused-ring (bicyclic) bond motifs is 3. The maximum absolute atomic E-state index is 9.80. The molecular weight excluding hydrogens is 224 g/mol. The number of ether oxygens (including phenoxy) is 1. The van der Waals surface area contributed by atoms with Crippen molar-refractivity contribution in [2.24, 2.45) is 0 Å². The summed E-state index contributed by atoms with van der Waals surface area (Å²) < 4.78 is 5.69. The smallest absolute Gasteiger partial charge is 0.118 e. The molecule has 0 radical (unpaired) electrons. The van der Waals surface area contributed by atoms with Gasteiger partial charge in [-0.1, -0.05) is 23.8 Å². The lowest BCUT2D eigenvalue weighted by molar-refractivity contribution is 0.109. The quantitative estimate of drug-likeness (QED) is 0.760. The van der Waals surface area contributed by atoms with E-state index >= 15 is 0 Å². The molecule has 0 spiro atoms. The second-order valence-corrected chi connectivity index (χ2v) is 4.95. The molecule has 0 saturated heterocycles. The fraction of sp³-hybridized carbons (Fsp3) is 0.250. The Morgan fingerprint density at radius 3 is 2.44 bits per heavy atom. The average Bonchev–Trinajstić information content (AvgIpc) is 2.49. The molecule has 0 amide bonds. The van der Waals surface area contributed by atoms with Crippen molar-refractivity contribution in [2.75, 3.05) is 0 Å². The van der Waals surface area contributed by atoms with Crippen LogP contribution in [0.1, 0.15) is 22.3 Å². The van der Waals surface area contributed by atoms with Crippen molar-refractivity contribution >= 4 is 0 Å². The minimum Gasteiger partial charge on any atom is -0.508 e. The van der Waals surface area contributed by atoms with Crippen LogP contribution in [0.3, 0.4) is 0 Å². The fourth-order valence-corrected chi connectivity index (χ4v) is 2.49. The van der Waals surface area contributed by atoms with Gasteiger partial charge in [0.25, 0.3) is 0 Å². The molecule has 0 aromatic heterocycles. The highest BCUT2D eigenvalue weighted by Crippen LogP contribution is 2.35. The van der Waals surface area contributed by atoms with E-state index in [9.17, 15) is 5.11 Å². The van der Waals surface area contributed by atoms with E-state index in [0.29, 0.717) is 19.0 Å². The second-order valence-electron chi connectivity index (χ2n) is 4.95. The lowest BCUT2D eigenvalue weighted by atomic mass is 9.94. The summed E-state index contributed by atoms with van der Waals surface area (Å²) in [5, 5.41) is 9.80. The minimum atomic E-state index is 0.341. The van der Waals surface area contributed by atoms with Gasteiger partial charge in [-0.05, 0) is 53.8 Å². The van der Waals surface area contributed by atoms with Crippen LogP contribution in [-0.4, -0.2) is 5.11 Å². The number of rotatable bonds is 0. The van der Waals surface area contributed by atoms with Gasteiger partial charge in [-0.2, -0.15) is 0 Å². The number of aromatic hydroxyl groups is 1. The predicted octanol–water partition coefficient (Wildman–Crippen LogP) is 3.71. The number of phenols is 1. The Balaban J connectivity index is 2.27. The van der Waals surface area contributed by atoms with E-state index in [4.69, 9.17) is 4.74 Å². The summed E-state index contributed by atoms with van der Waals surface area (Å²) in [6.45, 7) is 5.20. The third-order valence-electron chi connectivity index (χ3n) is 3.49. The molecule has 2 aromatic carbocycles. The van der Waals surface area contributed by atoms with E-state index in [-0.39, 0.29) is 0 Å². The molecule has 1 aliphatic rings. The summed E-state index contributed by atoms with van der Waals surface area (Å²) in [5.41, 5.74) is 6.83. The molecule has 0 saturated carbocycles. The average molecular weight is 240 g/mol. The van der Waals surface area contributed by atoms with Crippen LogP contribution in [0.25, 0.3) is 11.1 Å². The highest BCUT2D eigenvalue weighted by molar-refractivity contribution is 5.73. The standard InChI is InChI=1S/C16H16O2/c1-10-3-4-14-12(5-10)8-18-9-13-7-16(17)11(2)6-15(13)14/h3-7,17H,8-9H2,1-2H3. The molecular formula is C16H16O2. The van der Waals surface area contributed by atoms with Gasteiger partial charge in [0.05, 0.1) is 13.2 Å². The first-order chi connectivity index (χ1) is 8.65. The topological polar surface area (TPSA) is 29.5 Å². The van der Waals surface area contributed by atoms with Gasteiger partial charge in [-0.25, -0.2) is 0 Å². The molecule has 92 valence electrons. The van der Waals surface area contributed by atoms with Gasteiger partial charge in [-0.15, -0.1) is 0 Å². The molecule has 0 fully saturated rings. The van der Waals surface area contributed by atoms with Gasteiger partial charge in [0.15, 0.2) is 0 Å². The van der Waals surface area contributed by atoms with Crippen LogP contribution >= 0.6 is 0 Å². The number of aryl methyl sites for hydroxylation is 2. The second kappa shape index (κ2) is 4.14. The Morgan fingerprint density at radius 1 is 0.944 bits per heavy atom. The highest BCUT2D eigenvalue weighted by Gasteiger charge is 2.16. The van der Waals surface area contributed by atoms with Crippen LogP contribution in [-0.2, 0) is 18.0 Å². The minimum absolute atomic E-state index is 0.341. The normalized spacial score (nSPS) is 13.7. The van der Waals surface area contributed by atoms with E-state index < -0.39 is 0 Å². The van der Waals surface area contributed by atoms with Gasteiger partial charge in [-0.3, -0.25) is 0 Å². The monoisotopic (exact) mass is 240 g/mol. The van der Waals surface area contributed by atoms with Gasteiger partial charge in [0, 0.05) is 0 Å². The Morgan fingerprint density at radius 2 is 1.67 bits per heavy atom. The van der Waals surface area contributed by atoms with Crippen LogP contribution in [0, 0.1) is 13.8 Å². The first kappa shape index (κ1) is 11.3. The molecule has 1 heterocycles. The van der Waals surface area contributed by atoms with Crippen molar-refractivity contribution < 1.29 is 9.84 Å². The van der Waals surface area contributed by atoms with Crippen molar-refractivity contribution in [1.29, 1.82) is 0 Å². The van der Waals surface area contributed by atoms with E-state index in [1.807, 2.05) is 19.1 Å². The summed E-state index contributed by atoms with van der Waals surface area (Å²) in [6.07, 6.45) is 0. The van der Waals surface area contributed by atoms with Crippen molar-refractivity contribution in [3.8, 4) is 16.9 Å². The molecule has 1 N–H and O–H groups in total. The van der Waals surface area contributed by atoms with Gasteiger partial charge >= 0.3 is 0 Å². The Bertz CT molecular complexity index is 615. The molecule has 2 aromatic rings. The third-order valence-corrected chi connectivity index (χ3v) is 3.49. The number of hydrogen-bond donors (Lipinski definition) is 1. The lowest BCUT2D eigenvalue weighted by Crippen LogP contribution is -1.90. The highest BCUT2D eigenvalue weighted by atomic mass is 16.5. The van der Waals surface area contributed by atoms with E-state index in [2.05, 4.69) is 25.1 Å². The summed E-state index contributed by atoms with van der Waals surface area (Å²) >= 11 is 0. The Labute approximate surface area is 107 Å². The zero-order valence-corrected chi connectivity index (χ0v) is 10.7. The summed E-state index contributed by atoms with van der Waals surface area (Å²) in [5.74, 6) is 0.341. The van der Waals surface area contributed by atoms with Crippen molar-refractivity contribution in [2.45, 2.75) is 27.1 Å². The predicted molar refractivity (Wildman–Crippen MR) is 71.5 cm³/mol. The molecule has 0 atom stereocenters. The van der Waals surface area contributed by atoms with Crippen LogP contribution < -0.4 is 0 Å². The van der Waals surface area contributed by atoms with Crippen molar-refractivity contribution in [1.82, 2.24) is 0 Å². The summed E-state index contributed by atoms with van der Waals surface area (Å²) in [4.78, 5) is 0. The molecule has 1 aliphatic heterocycles. The Kier molecular flexibility index (Phi) is 2.60. The molecule has 2 heteroatoms. The largest absolute Gasteiger partial charge is 0.508 e. The molecule has 0 unspecified atom stereocenters. The fourth-order valence-electron chi connectivity index (χ4n) is 2.49. The number of benzene rings is 2. The Hall–Kier alpha value is -1.80. The van der Waals surface area contributed by atoms with Crippen molar-refractivity contribution in [3.63, 3.8) is 0 Å². The van der Waals surface area contributed by atoms with Gasteiger partial charge in [0.2, 0.25) is 0 Å². The van der Waals surface area contributed by atoms with Gasteiger partial charge < -0.3 is 9.84 Å². The molecule has 0 bridgehead atoms. The van der Waals surface area contributed by atoms with Crippen LogP contribution in [0.15, 0.2) is 30.3 Å². The SMILES string of the molecule is Cc1ccc2c(c1)COCc1cc(O)c(C)cc1-2. The zero-order chi connectivity index (χ0) is 12.7. The summed E-state index contributed by atoms with van der Waals surface area (Å²) in [6, 6.07) is 10.3. The maximum Gasteiger partial charge on any atom is 0.118 e. The molecule has 18 heavy (non-hydrogen) atoms. The van der Waals surface area contributed by atoms with Crippen LogP contribution in [0.5, 0.6) is 5.75 Å². The molecule has 3 rings (SSSR count). The summed E-state index contributed by atoms with van der Waals surface area (Å²) in [7, 11) is 0. The first-order valence-electron chi connectivity index (χ1n) is 6.15. The van der Waals surface area contributed by atoms with Gasteiger partial charge in [0.1, 0.15) is 5.75 Å². The van der Waals surface area contributed by atoms with E-state index in [0.717, 1.165) is 11.1 Å². The first-order valence-corrected chi connectivity index (χ1v) is 6.15. The van der Waals surface area contributed by atoms with Crippen LogP contribution in [0.4, 0.5) is 0 Å². The van der Waals surface area contributed by atoms with E-state index in [1.54, 1.807) is 0 Å². The lowest BCUT2D eigenvalue weighted by Gasteiger charge is -2.11. The van der Waals surface area contributed by atoms with E-state index in [1.165, 1.54) is 22.3 Å². The number of hydrogen-bond acceptors (Lipinski definition) is 2. The molecule has 0 aliphatic carbocycles.